The van der Waals surface area contributed by atoms with Crippen molar-refractivity contribution < 1.29 is 13.7 Å². The molecule has 0 fully saturated rings. The number of rotatable bonds is 17. The SMILES string of the molecule is CCCCCCCCCCCCCCCCC(C)(Br)OP(=O)=O. The van der Waals surface area contributed by atoms with Gasteiger partial charge in [0.2, 0.25) is 0 Å². The lowest BCUT2D eigenvalue weighted by Crippen LogP contribution is -2.15. The predicted octanol–water partition coefficient (Wildman–Crippen LogP) is 8.07. The summed E-state index contributed by atoms with van der Waals surface area (Å²) in [7, 11) is -2.78. The van der Waals surface area contributed by atoms with Crippen molar-refractivity contribution in [1.29, 1.82) is 0 Å². The maximum absolute atomic E-state index is 10.5. The summed E-state index contributed by atoms with van der Waals surface area (Å²) in [5.41, 5.74) is 0. The Morgan fingerprint density at radius 3 is 1.43 bits per heavy atom. The molecule has 0 N–H and O–H groups in total. The normalized spacial score (nSPS) is 13.9. The lowest BCUT2D eigenvalue weighted by molar-refractivity contribution is 0.181. The third kappa shape index (κ3) is 18.5. The molecule has 0 radical (unpaired) electrons. The van der Waals surface area contributed by atoms with E-state index in [1.807, 2.05) is 0 Å². The summed E-state index contributed by atoms with van der Waals surface area (Å²) in [5.74, 6) is 0. The van der Waals surface area contributed by atoms with E-state index < -0.39 is 12.4 Å². The molecular weight excluding hydrogens is 375 g/mol. The van der Waals surface area contributed by atoms with Gasteiger partial charge in [-0.25, -0.2) is 9.13 Å². The minimum Gasteiger partial charge on any atom is -0.253 e. The third-order valence-electron chi connectivity index (χ3n) is 4.24. The predicted molar refractivity (Wildman–Crippen MR) is 102 cm³/mol. The van der Waals surface area contributed by atoms with Gasteiger partial charge in [-0.3, -0.25) is 4.52 Å². The topological polar surface area (TPSA) is 43.4 Å². The molecule has 0 aromatic rings. The summed E-state index contributed by atoms with van der Waals surface area (Å²) < 4.78 is 25.2. The highest BCUT2D eigenvalue weighted by Gasteiger charge is 2.22. The molecule has 0 saturated carbocycles. The molecule has 5 heteroatoms. The number of hydrogen-bond donors (Lipinski definition) is 0. The second-order valence-corrected chi connectivity index (χ2v) is 9.07. The Morgan fingerprint density at radius 2 is 1.09 bits per heavy atom. The maximum atomic E-state index is 10.5. The third-order valence-corrected chi connectivity index (χ3v) is 5.60. The van der Waals surface area contributed by atoms with Crippen molar-refractivity contribution >= 4 is 23.8 Å². The van der Waals surface area contributed by atoms with E-state index in [4.69, 9.17) is 4.52 Å². The first kappa shape index (κ1) is 23.3. The number of hydrogen-bond acceptors (Lipinski definition) is 3. The van der Waals surface area contributed by atoms with Gasteiger partial charge in [-0.1, -0.05) is 106 Å². The highest BCUT2D eigenvalue weighted by molar-refractivity contribution is 9.10. The number of halogens is 1. The van der Waals surface area contributed by atoms with Crippen LogP contribution in [0.4, 0.5) is 0 Å². The van der Waals surface area contributed by atoms with E-state index in [1.165, 1.54) is 77.0 Å². The minimum atomic E-state index is -2.78. The van der Waals surface area contributed by atoms with Gasteiger partial charge in [-0.2, -0.15) is 0 Å². The molecule has 0 aliphatic rings. The van der Waals surface area contributed by atoms with Crippen molar-refractivity contribution in [3.8, 4) is 0 Å². The van der Waals surface area contributed by atoms with Crippen LogP contribution < -0.4 is 0 Å². The van der Waals surface area contributed by atoms with Gasteiger partial charge in [0.05, 0.1) is 0 Å². The van der Waals surface area contributed by atoms with Crippen LogP contribution in [0.5, 0.6) is 0 Å². The highest BCUT2D eigenvalue weighted by Crippen LogP contribution is 2.32. The zero-order valence-electron chi connectivity index (χ0n) is 15.2. The molecule has 0 rings (SSSR count). The van der Waals surface area contributed by atoms with Gasteiger partial charge < -0.3 is 0 Å². The van der Waals surface area contributed by atoms with Crippen LogP contribution in [0.1, 0.15) is 110 Å². The van der Waals surface area contributed by atoms with Crippen molar-refractivity contribution in [2.75, 3.05) is 0 Å². The fraction of sp³-hybridized carbons (Fsp3) is 1.00. The summed E-state index contributed by atoms with van der Waals surface area (Å²) in [4.78, 5) is 0. The molecule has 3 nitrogen and oxygen atoms in total. The Bertz CT molecular complexity index is 322. The van der Waals surface area contributed by atoms with Crippen molar-refractivity contribution in [1.82, 2.24) is 0 Å². The standard InChI is InChI=1S/C18H36BrO3P/c1-3-4-5-6-7-8-9-10-11-12-13-14-15-16-17-18(2,19)22-23(20)21/h3-17H2,1-2H3. The molecule has 138 valence electrons. The first-order valence-electron chi connectivity index (χ1n) is 9.50. The van der Waals surface area contributed by atoms with E-state index in [2.05, 4.69) is 22.9 Å². The van der Waals surface area contributed by atoms with Crippen LogP contribution >= 0.6 is 23.8 Å². The summed E-state index contributed by atoms with van der Waals surface area (Å²) in [6.07, 6.45) is 19.3. The van der Waals surface area contributed by atoms with Gasteiger partial charge in [-0.15, -0.1) is 0 Å². The minimum absolute atomic E-state index is 0.723. The monoisotopic (exact) mass is 410 g/mol. The largest absolute Gasteiger partial charge is 0.469 e. The van der Waals surface area contributed by atoms with Crippen LogP contribution in [0.2, 0.25) is 0 Å². The second kappa shape index (κ2) is 15.8. The molecular formula is C18H36BrO3P. The quantitative estimate of drug-likeness (QED) is 0.138. The Hall–Kier alpha value is 0.340. The lowest BCUT2D eigenvalue weighted by atomic mass is 10.0. The average Bonchev–Trinajstić information content (AvgIpc) is 2.46. The molecule has 0 amide bonds. The maximum Gasteiger partial charge on any atom is 0.469 e. The van der Waals surface area contributed by atoms with E-state index >= 15 is 0 Å². The van der Waals surface area contributed by atoms with E-state index in [1.54, 1.807) is 6.92 Å². The van der Waals surface area contributed by atoms with Crippen LogP contribution in [-0.4, -0.2) is 4.51 Å². The molecule has 0 bridgehead atoms. The molecule has 0 heterocycles. The molecule has 0 saturated heterocycles. The molecule has 0 spiro atoms. The summed E-state index contributed by atoms with van der Waals surface area (Å²) in [6.45, 7) is 4.03. The van der Waals surface area contributed by atoms with Crippen LogP contribution in [-0.2, 0) is 13.7 Å². The van der Waals surface area contributed by atoms with Crippen LogP contribution in [0.3, 0.4) is 0 Å². The van der Waals surface area contributed by atoms with Crippen molar-refractivity contribution in [3.05, 3.63) is 0 Å². The van der Waals surface area contributed by atoms with Gasteiger partial charge in [0, 0.05) is 0 Å². The van der Waals surface area contributed by atoms with E-state index in [-0.39, 0.29) is 0 Å². The summed E-state index contributed by atoms with van der Waals surface area (Å²) in [6, 6.07) is 0. The van der Waals surface area contributed by atoms with Crippen LogP contribution in [0, 0.1) is 0 Å². The number of alkyl halides is 1. The van der Waals surface area contributed by atoms with Crippen LogP contribution in [0.15, 0.2) is 0 Å². The van der Waals surface area contributed by atoms with Gasteiger partial charge in [0.1, 0.15) is 4.51 Å². The van der Waals surface area contributed by atoms with Crippen LogP contribution in [0.25, 0.3) is 0 Å². The summed E-state index contributed by atoms with van der Waals surface area (Å²) in [5, 5.41) is 0. The Kier molecular flexibility index (Phi) is 16.1. The van der Waals surface area contributed by atoms with E-state index in [0.29, 0.717) is 0 Å². The van der Waals surface area contributed by atoms with E-state index in [0.717, 1.165) is 19.3 Å². The van der Waals surface area contributed by atoms with Crippen molar-refractivity contribution in [2.24, 2.45) is 0 Å². The van der Waals surface area contributed by atoms with Gasteiger partial charge in [-0.05, 0) is 19.8 Å². The fourth-order valence-electron chi connectivity index (χ4n) is 2.84. The van der Waals surface area contributed by atoms with Gasteiger partial charge in [0.15, 0.2) is 0 Å². The fourth-order valence-corrected chi connectivity index (χ4v) is 3.87. The molecule has 0 aromatic carbocycles. The van der Waals surface area contributed by atoms with E-state index in [9.17, 15) is 9.13 Å². The Balaban J connectivity index is 3.22. The summed E-state index contributed by atoms with van der Waals surface area (Å²) >= 11 is 3.31. The lowest BCUT2D eigenvalue weighted by Gasteiger charge is -2.17. The van der Waals surface area contributed by atoms with Gasteiger partial charge in [0.25, 0.3) is 0 Å². The molecule has 1 unspecified atom stereocenters. The number of unbranched alkanes of at least 4 members (excludes halogenated alkanes) is 13. The molecule has 23 heavy (non-hydrogen) atoms. The molecule has 0 aliphatic heterocycles. The van der Waals surface area contributed by atoms with Crippen molar-refractivity contribution in [2.45, 2.75) is 115 Å². The second-order valence-electron chi connectivity index (χ2n) is 6.76. The zero-order valence-corrected chi connectivity index (χ0v) is 17.6. The first-order chi connectivity index (χ1) is 11.0. The smallest absolute Gasteiger partial charge is 0.253 e. The molecule has 0 aliphatic carbocycles. The van der Waals surface area contributed by atoms with Gasteiger partial charge >= 0.3 is 7.91 Å². The molecule has 0 aromatic heterocycles. The zero-order chi connectivity index (χ0) is 17.4. The highest BCUT2D eigenvalue weighted by atomic mass is 79.9. The molecule has 1 atom stereocenters. The first-order valence-corrected chi connectivity index (χ1v) is 11.4. The average molecular weight is 411 g/mol. The van der Waals surface area contributed by atoms with Crippen molar-refractivity contribution in [3.63, 3.8) is 0 Å². The Labute approximate surface area is 152 Å². The Morgan fingerprint density at radius 1 is 0.739 bits per heavy atom.